The van der Waals surface area contributed by atoms with Gasteiger partial charge in [0.2, 0.25) is 5.91 Å². The third-order valence-corrected chi connectivity index (χ3v) is 3.49. The average molecular weight is 294 g/mol. The van der Waals surface area contributed by atoms with Crippen LogP contribution in [-0.4, -0.2) is 40.9 Å². The van der Waals surface area contributed by atoms with Crippen LogP contribution in [0.3, 0.4) is 0 Å². The van der Waals surface area contributed by atoms with E-state index < -0.39 is 6.03 Å². The maximum absolute atomic E-state index is 11.6. The van der Waals surface area contributed by atoms with E-state index >= 15 is 0 Å². The number of thioether (sulfide) groups is 1. The number of anilines is 2. The lowest BCUT2D eigenvalue weighted by atomic mass is 10.3. The lowest BCUT2D eigenvalue weighted by molar-refractivity contribution is -0.124. The number of nitrogen functional groups attached to an aromatic ring is 1. The summed E-state index contributed by atoms with van der Waals surface area (Å²) in [5.74, 6) is -0.0445. The van der Waals surface area contributed by atoms with Crippen molar-refractivity contribution in [1.82, 2.24) is 10.2 Å². The molecule has 1 aliphatic heterocycles. The maximum atomic E-state index is 11.6. The molecule has 1 heterocycles. The van der Waals surface area contributed by atoms with E-state index in [4.69, 9.17) is 5.73 Å². The van der Waals surface area contributed by atoms with Crippen molar-refractivity contribution in [2.24, 2.45) is 0 Å². The highest BCUT2D eigenvalue weighted by atomic mass is 32.2. The molecule has 0 saturated carbocycles. The molecule has 20 heavy (non-hydrogen) atoms. The van der Waals surface area contributed by atoms with Crippen molar-refractivity contribution >= 4 is 40.3 Å². The van der Waals surface area contributed by atoms with Crippen molar-refractivity contribution in [3.8, 4) is 0 Å². The van der Waals surface area contributed by atoms with E-state index in [0.29, 0.717) is 11.4 Å². The van der Waals surface area contributed by atoms with Crippen LogP contribution in [-0.2, 0) is 4.79 Å². The van der Waals surface area contributed by atoms with Crippen LogP contribution in [0.2, 0.25) is 0 Å². The monoisotopic (exact) mass is 294 g/mol. The van der Waals surface area contributed by atoms with Crippen LogP contribution in [0.5, 0.6) is 0 Å². The van der Waals surface area contributed by atoms with E-state index in [1.807, 2.05) is 0 Å². The van der Waals surface area contributed by atoms with Gasteiger partial charge in [-0.15, -0.1) is 0 Å². The number of benzene rings is 1. The van der Waals surface area contributed by atoms with E-state index in [1.54, 1.807) is 24.3 Å². The molecular formula is C12H14N4O3S. The first-order chi connectivity index (χ1) is 9.56. The Morgan fingerprint density at radius 2 is 2.00 bits per heavy atom. The topological polar surface area (TPSA) is 105 Å². The van der Waals surface area contributed by atoms with Crippen LogP contribution in [0.4, 0.5) is 21.0 Å². The molecule has 0 radical (unpaired) electrons. The van der Waals surface area contributed by atoms with Crippen LogP contribution in [0.1, 0.15) is 0 Å². The van der Waals surface area contributed by atoms with Gasteiger partial charge in [-0.25, -0.2) is 4.79 Å². The predicted molar refractivity (Wildman–Crippen MR) is 77.4 cm³/mol. The lowest BCUT2D eigenvalue weighted by Gasteiger charge is -2.13. The van der Waals surface area contributed by atoms with Gasteiger partial charge in [-0.2, -0.15) is 0 Å². The van der Waals surface area contributed by atoms with Gasteiger partial charge in [0.1, 0.15) is 0 Å². The van der Waals surface area contributed by atoms with Gasteiger partial charge in [0.25, 0.3) is 5.24 Å². The first-order valence-corrected chi connectivity index (χ1v) is 6.92. The molecule has 8 heteroatoms. The van der Waals surface area contributed by atoms with Gasteiger partial charge in [-0.3, -0.25) is 14.5 Å². The van der Waals surface area contributed by atoms with Gasteiger partial charge in [0.15, 0.2) is 0 Å². The second kappa shape index (κ2) is 6.29. The molecular weight excluding hydrogens is 280 g/mol. The van der Waals surface area contributed by atoms with Gasteiger partial charge in [0.05, 0.1) is 5.75 Å². The number of nitrogens with zero attached hydrogens (tertiary/aromatic N) is 1. The van der Waals surface area contributed by atoms with Crippen molar-refractivity contribution < 1.29 is 14.4 Å². The number of hydrogen-bond acceptors (Lipinski definition) is 5. The lowest BCUT2D eigenvalue weighted by Crippen LogP contribution is -2.39. The zero-order valence-electron chi connectivity index (χ0n) is 10.6. The molecule has 7 nitrogen and oxygen atoms in total. The minimum atomic E-state index is -0.401. The summed E-state index contributed by atoms with van der Waals surface area (Å²) in [6.07, 6.45) is 0. The number of nitrogens with two attached hydrogens (primary N) is 1. The molecule has 0 unspecified atom stereocenters. The summed E-state index contributed by atoms with van der Waals surface area (Å²) >= 11 is 0.974. The van der Waals surface area contributed by atoms with Crippen LogP contribution >= 0.6 is 11.8 Å². The number of imide groups is 1. The van der Waals surface area contributed by atoms with Crippen molar-refractivity contribution in [3.05, 3.63) is 24.3 Å². The third kappa shape index (κ3) is 3.64. The summed E-state index contributed by atoms with van der Waals surface area (Å²) in [5, 5.41) is 4.93. The molecule has 1 aromatic rings. The normalized spacial score (nSPS) is 14.5. The molecule has 2 rings (SSSR count). The van der Waals surface area contributed by atoms with E-state index in [-0.39, 0.29) is 30.0 Å². The Kier molecular flexibility index (Phi) is 4.46. The Morgan fingerprint density at radius 3 is 2.60 bits per heavy atom. The van der Waals surface area contributed by atoms with Crippen LogP contribution < -0.4 is 16.4 Å². The molecule has 1 aromatic carbocycles. The Balaban J connectivity index is 1.74. The van der Waals surface area contributed by atoms with Crippen LogP contribution in [0.15, 0.2) is 24.3 Å². The highest BCUT2D eigenvalue weighted by Gasteiger charge is 2.29. The molecule has 1 aliphatic rings. The summed E-state index contributed by atoms with van der Waals surface area (Å²) in [5.41, 5.74) is 6.76. The molecule has 4 N–H and O–H groups in total. The van der Waals surface area contributed by atoms with E-state index in [1.165, 1.54) is 0 Å². The van der Waals surface area contributed by atoms with Gasteiger partial charge in [0, 0.05) is 24.5 Å². The Labute approximate surface area is 119 Å². The van der Waals surface area contributed by atoms with Crippen LogP contribution in [0, 0.1) is 0 Å². The molecule has 1 fully saturated rings. The number of hydrogen-bond donors (Lipinski definition) is 3. The molecule has 0 bridgehead atoms. The second-order valence-electron chi connectivity index (χ2n) is 4.10. The summed E-state index contributed by atoms with van der Waals surface area (Å²) in [7, 11) is 0. The standard InChI is InChI=1S/C12H14N4O3S/c13-8-1-3-9(4-2-8)15-11(18)14-5-6-16-10(17)7-20-12(16)19/h1-4H,5-7,13H2,(H2,14,15,18). The third-order valence-electron chi connectivity index (χ3n) is 2.63. The maximum Gasteiger partial charge on any atom is 0.319 e. The molecule has 106 valence electrons. The average Bonchev–Trinajstić information content (AvgIpc) is 2.73. The minimum absolute atomic E-state index is 0.177. The largest absolute Gasteiger partial charge is 0.399 e. The summed E-state index contributed by atoms with van der Waals surface area (Å²) in [4.78, 5) is 35.4. The quantitative estimate of drug-likeness (QED) is 0.721. The molecule has 0 aromatic heterocycles. The number of nitrogens with one attached hydrogen (secondary N) is 2. The highest BCUT2D eigenvalue weighted by molar-refractivity contribution is 8.14. The fourth-order valence-corrected chi connectivity index (χ4v) is 2.37. The van der Waals surface area contributed by atoms with Crippen molar-refractivity contribution in [1.29, 1.82) is 0 Å². The summed E-state index contributed by atoms with van der Waals surface area (Å²) < 4.78 is 0. The van der Waals surface area contributed by atoms with Gasteiger partial charge in [-0.1, -0.05) is 11.8 Å². The number of carbonyl (C=O) groups excluding carboxylic acids is 3. The number of urea groups is 1. The molecule has 0 spiro atoms. The van der Waals surface area contributed by atoms with E-state index in [2.05, 4.69) is 10.6 Å². The first-order valence-electron chi connectivity index (χ1n) is 5.94. The minimum Gasteiger partial charge on any atom is -0.399 e. The van der Waals surface area contributed by atoms with Gasteiger partial charge in [-0.05, 0) is 24.3 Å². The number of amides is 4. The zero-order valence-corrected chi connectivity index (χ0v) is 11.4. The first kappa shape index (κ1) is 14.2. The second-order valence-corrected chi connectivity index (χ2v) is 5.03. The van der Waals surface area contributed by atoms with Crippen molar-refractivity contribution in [2.45, 2.75) is 0 Å². The SMILES string of the molecule is Nc1ccc(NC(=O)NCCN2C(=O)CSC2=O)cc1. The molecule has 1 saturated heterocycles. The zero-order chi connectivity index (χ0) is 14.5. The van der Waals surface area contributed by atoms with Gasteiger partial charge >= 0.3 is 6.03 Å². The van der Waals surface area contributed by atoms with E-state index in [9.17, 15) is 14.4 Å². The van der Waals surface area contributed by atoms with E-state index in [0.717, 1.165) is 16.7 Å². The van der Waals surface area contributed by atoms with Crippen LogP contribution in [0.25, 0.3) is 0 Å². The fourth-order valence-electron chi connectivity index (χ4n) is 1.62. The summed E-state index contributed by atoms with van der Waals surface area (Å²) in [6, 6.07) is 6.31. The molecule has 0 atom stereocenters. The fraction of sp³-hybridized carbons (Fsp3) is 0.250. The predicted octanol–water partition coefficient (Wildman–Crippen LogP) is 1.09. The highest BCUT2D eigenvalue weighted by Crippen LogP contribution is 2.17. The van der Waals surface area contributed by atoms with Crippen molar-refractivity contribution in [3.63, 3.8) is 0 Å². The summed E-state index contributed by atoms with van der Waals surface area (Å²) in [6.45, 7) is 0.388. The molecule has 0 aliphatic carbocycles. The Bertz CT molecular complexity index is 516. The van der Waals surface area contributed by atoms with Gasteiger partial charge < -0.3 is 16.4 Å². The Hall–Kier alpha value is -2.22. The number of carbonyl (C=O) groups is 3. The smallest absolute Gasteiger partial charge is 0.319 e. The Morgan fingerprint density at radius 1 is 1.30 bits per heavy atom. The van der Waals surface area contributed by atoms with Crippen molar-refractivity contribution in [2.75, 3.05) is 29.9 Å². The molecule has 4 amide bonds. The number of rotatable bonds is 4.